The van der Waals surface area contributed by atoms with Gasteiger partial charge in [0, 0.05) is 4.47 Å². The van der Waals surface area contributed by atoms with Gasteiger partial charge in [-0.1, -0.05) is 0 Å². The van der Waals surface area contributed by atoms with Crippen LogP contribution >= 0.6 is 28.1 Å². The summed E-state index contributed by atoms with van der Waals surface area (Å²) >= 11 is 7.87. The third-order valence-corrected chi connectivity index (χ3v) is 2.35. The number of fused-ring (bicyclic) bond motifs is 1. The lowest BCUT2D eigenvalue weighted by Gasteiger charge is -2.00. The number of hydrogen-bond donors (Lipinski definition) is 0. The zero-order chi connectivity index (χ0) is 9.26. The largest absolute Gasteiger partial charge is 0.454 e. The summed E-state index contributed by atoms with van der Waals surface area (Å²) in [7, 11) is 0. The summed E-state index contributed by atoms with van der Waals surface area (Å²) < 4.78 is 11.2. The van der Waals surface area contributed by atoms with E-state index in [2.05, 4.69) is 38.3 Å². The van der Waals surface area contributed by atoms with E-state index < -0.39 is 0 Å². The first-order valence-electron chi connectivity index (χ1n) is 3.49. The first-order chi connectivity index (χ1) is 6.33. The zero-order valence-corrected chi connectivity index (χ0v) is 8.81. The summed E-state index contributed by atoms with van der Waals surface area (Å²) in [6.45, 7) is 0.228. The van der Waals surface area contributed by atoms with E-state index in [-0.39, 0.29) is 6.79 Å². The molecular formula is C8H4BrNO2S. The minimum atomic E-state index is 0.228. The van der Waals surface area contributed by atoms with E-state index in [0.29, 0.717) is 17.2 Å². The molecule has 0 amide bonds. The number of hydrogen-bond acceptors (Lipinski definition) is 4. The Morgan fingerprint density at radius 2 is 2.31 bits per heavy atom. The van der Waals surface area contributed by atoms with Gasteiger partial charge in [-0.2, -0.15) is 4.99 Å². The fourth-order valence-corrected chi connectivity index (χ4v) is 1.58. The van der Waals surface area contributed by atoms with Gasteiger partial charge in [-0.3, -0.25) is 0 Å². The molecule has 0 saturated heterocycles. The van der Waals surface area contributed by atoms with Crippen LogP contribution in [0.25, 0.3) is 0 Å². The summed E-state index contributed by atoms with van der Waals surface area (Å²) in [5.74, 6) is 1.30. The van der Waals surface area contributed by atoms with Crippen LogP contribution in [-0.4, -0.2) is 12.0 Å². The van der Waals surface area contributed by atoms with Crippen LogP contribution in [0.15, 0.2) is 21.6 Å². The molecule has 1 aliphatic heterocycles. The van der Waals surface area contributed by atoms with Crippen molar-refractivity contribution in [2.75, 3.05) is 6.79 Å². The van der Waals surface area contributed by atoms with Gasteiger partial charge >= 0.3 is 0 Å². The number of benzene rings is 1. The maximum absolute atomic E-state index is 5.23. The van der Waals surface area contributed by atoms with Gasteiger partial charge in [0.15, 0.2) is 11.5 Å². The molecule has 1 aliphatic rings. The molecule has 0 atom stereocenters. The molecule has 5 heteroatoms. The van der Waals surface area contributed by atoms with Gasteiger partial charge < -0.3 is 9.47 Å². The van der Waals surface area contributed by atoms with Crippen molar-refractivity contribution in [3.05, 3.63) is 16.6 Å². The fraction of sp³-hybridized carbons (Fsp3) is 0.125. The number of thiocarbonyl (C=S) groups is 1. The van der Waals surface area contributed by atoms with Gasteiger partial charge in [-0.05, 0) is 40.3 Å². The second kappa shape index (κ2) is 3.46. The molecule has 0 spiro atoms. The Kier molecular flexibility index (Phi) is 2.31. The first-order valence-corrected chi connectivity index (χ1v) is 4.69. The number of isothiocyanates is 1. The molecule has 0 aromatic heterocycles. The Bertz CT molecular complexity index is 401. The van der Waals surface area contributed by atoms with E-state index in [4.69, 9.17) is 9.47 Å². The third-order valence-electron chi connectivity index (χ3n) is 1.62. The van der Waals surface area contributed by atoms with Crippen LogP contribution in [0.3, 0.4) is 0 Å². The molecule has 0 N–H and O–H groups in total. The predicted molar refractivity (Wildman–Crippen MR) is 55.0 cm³/mol. The predicted octanol–water partition coefficient (Wildman–Crippen LogP) is 2.91. The summed E-state index contributed by atoms with van der Waals surface area (Å²) in [6.07, 6.45) is 0. The molecule has 0 unspecified atom stereocenters. The molecule has 0 aliphatic carbocycles. The van der Waals surface area contributed by atoms with Crippen molar-refractivity contribution in [2.45, 2.75) is 0 Å². The number of halogens is 1. The average molecular weight is 258 g/mol. The van der Waals surface area contributed by atoms with E-state index >= 15 is 0 Å². The second-order valence-electron chi connectivity index (χ2n) is 2.33. The SMILES string of the molecule is S=C=Nc1c(Br)ccc2c1OCO2. The maximum atomic E-state index is 5.23. The Morgan fingerprint density at radius 3 is 3.08 bits per heavy atom. The van der Waals surface area contributed by atoms with Crippen molar-refractivity contribution in [1.29, 1.82) is 0 Å². The number of aliphatic imine (C=N–C) groups is 1. The van der Waals surface area contributed by atoms with Gasteiger partial charge in [-0.15, -0.1) is 0 Å². The van der Waals surface area contributed by atoms with E-state index in [9.17, 15) is 0 Å². The molecule has 66 valence electrons. The minimum Gasteiger partial charge on any atom is -0.454 e. The lowest BCUT2D eigenvalue weighted by Crippen LogP contribution is -1.93. The molecule has 0 bridgehead atoms. The third kappa shape index (κ3) is 1.46. The Balaban J connectivity index is 2.64. The average Bonchev–Trinajstić information content (AvgIpc) is 2.58. The molecule has 1 aromatic rings. The van der Waals surface area contributed by atoms with E-state index in [1.165, 1.54) is 0 Å². The highest BCUT2D eigenvalue weighted by molar-refractivity contribution is 9.10. The molecule has 1 heterocycles. The fourth-order valence-electron chi connectivity index (χ4n) is 1.08. The van der Waals surface area contributed by atoms with Crippen LogP contribution in [0.5, 0.6) is 11.5 Å². The molecule has 13 heavy (non-hydrogen) atoms. The van der Waals surface area contributed by atoms with Crippen molar-refractivity contribution in [3.8, 4) is 11.5 Å². The van der Waals surface area contributed by atoms with Crippen LogP contribution in [0.4, 0.5) is 5.69 Å². The van der Waals surface area contributed by atoms with Crippen LogP contribution < -0.4 is 9.47 Å². The minimum absolute atomic E-state index is 0.228. The number of nitrogens with zero attached hydrogens (tertiary/aromatic N) is 1. The molecule has 2 rings (SSSR count). The molecular weight excluding hydrogens is 254 g/mol. The maximum Gasteiger partial charge on any atom is 0.231 e. The van der Waals surface area contributed by atoms with Crippen molar-refractivity contribution in [3.63, 3.8) is 0 Å². The normalized spacial score (nSPS) is 12.4. The highest BCUT2D eigenvalue weighted by Gasteiger charge is 2.19. The molecule has 0 saturated carbocycles. The first kappa shape index (κ1) is 8.69. The number of ether oxygens (including phenoxy) is 2. The van der Waals surface area contributed by atoms with E-state index in [0.717, 1.165) is 4.47 Å². The quantitative estimate of drug-likeness (QED) is 0.573. The summed E-state index contributed by atoms with van der Waals surface area (Å²) in [5, 5.41) is 2.30. The second-order valence-corrected chi connectivity index (χ2v) is 3.37. The van der Waals surface area contributed by atoms with Crippen molar-refractivity contribution < 1.29 is 9.47 Å². The Labute approximate surface area is 88.5 Å². The highest BCUT2D eigenvalue weighted by atomic mass is 79.9. The van der Waals surface area contributed by atoms with Crippen LogP contribution in [0.1, 0.15) is 0 Å². The molecule has 3 nitrogen and oxygen atoms in total. The van der Waals surface area contributed by atoms with Gasteiger partial charge in [0.05, 0.1) is 5.16 Å². The lowest BCUT2D eigenvalue weighted by atomic mass is 10.3. The van der Waals surface area contributed by atoms with Crippen molar-refractivity contribution >= 4 is 39.0 Å². The van der Waals surface area contributed by atoms with Crippen molar-refractivity contribution in [1.82, 2.24) is 0 Å². The van der Waals surface area contributed by atoms with Gasteiger partial charge in [0.2, 0.25) is 6.79 Å². The van der Waals surface area contributed by atoms with Crippen LogP contribution in [0.2, 0.25) is 0 Å². The standard InChI is InChI=1S/C8H4BrNO2S/c9-5-1-2-6-8(12-4-11-6)7(5)10-3-13/h1-2H,4H2. The van der Waals surface area contributed by atoms with Crippen molar-refractivity contribution in [2.24, 2.45) is 4.99 Å². The molecule has 0 radical (unpaired) electrons. The summed E-state index contributed by atoms with van der Waals surface area (Å²) in [5.41, 5.74) is 0.630. The van der Waals surface area contributed by atoms with E-state index in [1.54, 1.807) is 0 Å². The smallest absolute Gasteiger partial charge is 0.231 e. The Hall–Kier alpha value is -0.900. The monoisotopic (exact) mass is 257 g/mol. The van der Waals surface area contributed by atoms with Gasteiger partial charge in [-0.25, -0.2) is 0 Å². The molecule has 1 aromatic carbocycles. The van der Waals surface area contributed by atoms with Crippen LogP contribution in [-0.2, 0) is 0 Å². The molecule has 0 fully saturated rings. The summed E-state index contributed by atoms with van der Waals surface area (Å²) in [6, 6.07) is 3.65. The van der Waals surface area contributed by atoms with Gasteiger partial charge in [0.1, 0.15) is 5.69 Å². The van der Waals surface area contributed by atoms with E-state index in [1.807, 2.05) is 12.1 Å². The summed E-state index contributed by atoms with van der Waals surface area (Å²) in [4.78, 5) is 3.89. The lowest BCUT2D eigenvalue weighted by molar-refractivity contribution is 0.174. The topological polar surface area (TPSA) is 30.8 Å². The van der Waals surface area contributed by atoms with Gasteiger partial charge in [0.25, 0.3) is 0 Å². The number of rotatable bonds is 1. The Morgan fingerprint density at radius 1 is 1.46 bits per heavy atom. The zero-order valence-electron chi connectivity index (χ0n) is 6.41. The highest BCUT2D eigenvalue weighted by Crippen LogP contribution is 2.44. The van der Waals surface area contributed by atoms with Crippen LogP contribution in [0, 0.1) is 0 Å².